The third-order valence-corrected chi connectivity index (χ3v) is 3.42. The number of benzene rings is 1. The molecule has 0 amide bonds. The van der Waals surface area contributed by atoms with Crippen LogP contribution in [0.5, 0.6) is 0 Å². The first-order valence-electron chi connectivity index (χ1n) is 5.83. The fourth-order valence-corrected chi connectivity index (χ4v) is 2.38. The molecule has 1 aliphatic rings. The Morgan fingerprint density at radius 1 is 1.33 bits per heavy atom. The van der Waals surface area contributed by atoms with Crippen molar-refractivity contribution in [2.45, 2.75) is 25.7 Å². The van der Waals surface area contributed by atoms with E-state index in [1.165, 1.54) is 0 Å². The first kappa shape index (κ1) is 15.1. The summed E-state index contributed by atoms with van der Waals surface area (Å²) in [5, 5.41) is 9.88. The minimum Gasteiger partial charge on any atom is -0.481 e. The highest BCUT2D eigenvalue weighted by atomic mass is 35.5. The van der Waals surface area contributed by atoms with Crippen LogP contribution in [0, 0.1) is 5.92 Å². The number of halogens is 2. The molecule has 1 aromatic carbocycles. The number of hydrogen-bond acceptors (Lipinski definition) is 1. The van der Waals surface area contributed by atoms with E-state index < -0.39 is 5.97 Å². The highest BCUT2D eigenvalue weighted by Gasteiger charge is 2.24. The Balaban J connectivity index is 0.00000162. The third-order valence-electron chi connectivity index (χ3n) is 3.17. The predicted octanol–water partition coefficient (Wildman–Crippen LogP) is 4.12. The standard InChI is InChI=1S/C14H15ClO2.ClH/c15-12-7-5-10(6-8-12)9-11-3-1-2-4-13(11)14(16)17;/h3,5-8,13H,1-2,4,9H2,(H,16,17);1H. The summed E-state index contributed by atoms with van der Waals surface area (Å²) in [6, 6.07) is 7.60. The SMILES string of the molecule is Cl.O=C(O)C1CCCC=C1Cc1ccc(Cl)cc1. The topological polar surface area (TPSA) is 37.3 Å². The van der Waals surface area contributed by atoms with Crippen LogP contribution in [0.4, 0.5) is 0 Å². The average Bonchev–Trinajstić information content (AvgIpc) is 2.32. The first-order chi connectivity index (χ1) is 8.16. The van der Waals surface area contributed by atoms with Crippen molar-refractivity contribution in [2.75, 3.05) is 0 Å². The van der Waals surface area contributed by atoms with Gasteiger partial charge in [-0.1, -0.05) is 35.4 Å². The summed E-state index contributed by atoms with van der Waals surface area (Å²) in [5.41, 5.74) is 2.15. The van der Waals surface area contributed by atoms with Crippen molar-refractivity contribution in [3.63, 3.8) is 0 Å². The molecule has 0 saturated carbocycles. The zero-order valence-corrected chi connectivity index (χ0v) is 11.5. The molecule has 2 nitrogen and oxygen atoms in total. The van der Waals surface area contributed by atoms with Gasteiger partial charge in [0.05, 0.1) is 5.92 Å². The van der Waals surface area contributed by atoms with Crippen LogP contribution in [-0.4, -0.2) is 11.1 Å². The summed E-state index contributed by atoms with van der Waals surface area (Å²) in [7, 11) is 0. The van der Waals surface area contributed by atoms with Gasteiger partial charge in [-0.05, 0) is 43.4 Å². The predicted molar refractivity (Wildman–Crippen MR) is 75.5 cm³/mol. The second-order valence-electron chi connectivity index (χ2n) is 4.40. The number of carboxylic acids is 1. The smallest absolute Gasteiger partial charge is 0.310 e. The quantitative estimate of drug-likeness (QED) is 0.849. The zero-order chi connectivity index (χ0) is 12.3. The van der Waals surface area contributed by atoms with Crippen molar-refractivity contribution in [2.24, 2.45) is 5.92 Å². The van der Waals surface area contributed by atoms with E-state index in [-0.39, 0.29) is 18.3 Å². The summed E-state index contributed by atoms with van der Waals surface area (Å²) in [4.78, 5) is 11.1. The van der Waals surface area contributed by atoms with Crippen molar-refractivity contribution >= 4 is 30.0 Å². The lowest BCUT2D eigenvalue weighted by Gasteiger charge is -2.20. The number of aliphatic carboxylic acids is 1. The van der Waals surface area contributed by atoms with E-state index in [2.05, 4.69) is 6.08 Å². The van der Waals surface area contributed by atoms with Gasteiger partial charge in [-0.15, -0.1) is 12.4 Å². The molecule has 1 unspecified atom stereocenters. The van der Waals surface area contributed by atoms with E-state index >= 15 is 0 Å². The molecule has 0 fully saturated rings. The van der Waals surface area contributed by atoms with Crippen LogP contribution in [0.2, 0.25) is 5.02 Å². The van der Waals surface area contributed by atoms with Crippen molar-refractivity contribution in [1.82, 2.24) is 0 Å². The summed E-state index contributed by atoms with van der Waals surface area (Å²) in [6.45, 7) is 0. The van der Waals surface area contributed by atoms with Gasteiger partial charge in [0.25, 0.3) is 0 Å². The molecule has 1 N–H and O–H groups in total. The van der Waals surface area contributed by atoms with Crippen LogP contribution >= 0.6 is 24.0 Å². The second-order valence-corrected chi connectivity index (χ2v) is 4.84. The average molecular weight is 287 g/mol. The van der Waals surface area contributed by atoms with Crippen LogP contribution < -0.4 is 0 Å². The Kier molecular flexibility index (Phi) is 5.70. The molecule has 1 atom stereocenters. The van der Waals surface area contributed by atoms with Crippen molar-refractivity contribution in [3.8, 4) is 0 Å². The Bertz CT molecular complexity index is 438. The lowest BCUT2D eigenvalue weighted by Crippen LogP contribution is -2.20. The van der Waals surface area contributed by atoms with Crippen LogP contribution in [0.15, 0.2) is 35.9 Å². The van der Waals surface area contributed by atoms with Gasteiger partial charge < -0.3 is 5.11 Å². The largest absolute Gasteiger partial charge is 0.481 e. The van der Waals surface area contributed by atoms with Crippen LogP contribution in [0.25, 0.3) is 0 Å². The Hall–Kier alpha value is -0.990. The van der Waals surface area contributed by atoms with E-state index in [4.69, 9.17) is 16.7 Å². The van der Waals surface area contributed by atoms with Gasteiger partial charge in [0.2, 0.25) is 0 Å². The Labute approximate surface area is 118 Å². The number of hydrogen-bond donors (Lipinski definition) is 1. The summed E-state index contributed by atoms with van der Waals surface area (Å²) in [5.74, 6) is -1.01. The fraction of sp³-hybridized carbons (Fsp3) is 0.357. The van der Waals surface area contributed by atoms with E-state index in [9.17, 15) is 4.79 Å². The van der Waals surface area contributed by atoms with Crippen LogP contribution in [0.3, 0.4) is 0 Å². The van der Waals surface area contributed by atoms with Gasteiger partial charge in [0.1, 0.15) is 0 Å². The van der Waals surface area contributed by atoms with Gasteiger partial charge in [0, 0.05) is 5.02 Å². The molecule has 0 spiro atoms. The Morgan fingerprint density at radius 3 is 2.61 bits per heavy atom. The maximum atomic E-state index is 11.1. The highest BCUT2D eigenvalue weighted by Crippen LogP contribution is 2.28. The molecular formula is C14H16Cl2O2. The third kappa shape index (κ3) is 3.76. The molecule has 0 aromatic heterocycles. The number of carbonyl (C=O) groups is 1. The molecule has 0 saturated heterocycles. The minimum atomic E-state index is -0.704. The first-order valence-corrected chi connectivity index (χ1v) is 6.21. The normalized spacial score (nSPS) is 18.7. The minimum absolute atomic E-state index is 0. The van der Waals surface area contributed by atoms with Crippen molar-refractivity contribution in [3.05, 3.63) is 46.5 Å². The van der Waals surface area contributed by atoms with E-state index in [0.29, 0.717) is 11.4 Å². The maximum absolute atomic E-state index is 11.1. The molecule has 2 rings (SSSR count). The lowest BCUT2D eigenvalue weighted by molar-refractivity contribution is -0.140. The van der Waals surface area contributed by atoms with Crippen molar-refractivity contribution in [1.29, 1.82) is 0 Å². The van der Waals surface area contributed by atoms with E-state index in [1.54, 1.807) is 0 Å². The van der Waals surface area contributed by atoms with Crippen LogP contribution in [-0.2, 0) is 11.2 Å². The maximum Gasteiger partial charge on any atom is 0.310 e. The molecule has 18 heavy (non-hydrogen) atoms. The number of allylic oxidation sites excluding steroid dienone is 1. The second kappa shape index (κ2) is 6.81. The molecule has 98 valence electrons. The molecule has 0 aliphatic heterocycles. The van der Waals surface area contributed by atoms with Gasteiger partial charge in [-0.3, -0.25) is 4.79 Å². The molecule has 0 radical (unpaired) electrons. The summed E-state index contributed by atoms with van der Waals surface area (Å²) < 4.78 is 0. The number of carboxylic acid groups (broad SMARTS) is 1. The molecule has 1 aromatic rings. The molecule has 1 aliphatic carbocycles. The fourth-order valence-electron chi connectivity index (χ4n) is 2.25. The van der Waals surface area contributed by atoms with Gasteiger partial charge >= 0.3 is 5.97 Å². The van der Waals surface area contributed by atoms with E-state index in [1.807, 2.05) is 24.3 Å². The molecule has 0 heterocycles. The highest BCUT2D eigenvalue weighted by molar-refractivity contribution is 6.30. The molecule has 4 heteroatoms. The van der Waals surface area contributed by atoms with Crippen molar-refractivity contribution < 1.29 is 9.90 Å². The zero-order valence-electron chi connectivity index (χ0n) is 9.93. The number of rotatable bonds is 3. The Morgan fingerprint density at radius 2 is 2.00 bits per heavy atom. The summed E-state index contributed by atoms with van der Waals surface area (Å²) >= 11 is 5.82. The van der Waals surface area contributed by atoms with Gasteiger partial charge in [0.15, 0.2) is 0 Å². The van der Waals surface area contributed by atoms with Gasteiger partial charge in [-0.2, -0.15) is 0 Å². The van der Waals surface area contributed by atoms with Crippen LogP contribution in [0.1, 0.15) is 24.8 Å². The van der Waals surface area contributed by atoms with E-state index in [0.717, 1.165) is 30.4 Å². The lowest BCUT2D eigenvalue weighted by atomic mass is 9.84. The molecular weight excluding hydrogens is 271 g/mol. The molecule has 0 bridgehead atoms. The summed E-state index contributed by atoms with van der Waals surface area (Å²) in [6.07, 6.45) is 5.52. The van der Waals surface area contributed by atoms with Gasteiger partial charge in [-0.25, -0.2) is 0 Å². The monoisotopic (exact) mass is 286 g/mol.